The largest absolute Gasteiger partial charge is 0.465 e. The van der Waals surface area contributed by atoms with E-state index in [1.807, 2.05) is 54.7 Å². The Balaban J connectivity index is 1.74. The summed E-state index contributed by atoms with van der Waals surface area (Å²) in [5.74, 6) is 0. The van der Waals surface area contributed by atoms with Crippen LogP contribution in [0.4, 0.5) is 10.5 Å². The van der Waals surface area contributed by atoms with Gasteiger partial charge in [0.15, 0.2) is 0 Å². The van der Waals surface area contributed by atoms with E-state index in [-0.39, 0.29) is 0 Å². The van der Waals surface area contributed by atoms with Gasteiger partial charge >= 0.3 is 6.09 Å². The van der Waals surface area contributed by atoms with Crippen LogP contribution in [-0.4, -0.2) is 27.4 Å². The third-order valence-corrected chi connectivity index (χ3v) is 5.41. The van der Waals surface area contributed by atoms with E-state index >= 15 is 0 Å². The first kappa shape index (κ1) is 20.8. The molecule has 2 aromatic carbocycles. The topological polar surface area (TPSA) is 70.4 Å². The number of pyridine rings is 1. The van der Waals surface area contributed by atoms with Crippen molar-refractivity contribution in [2.75, 3.05) is 11.6 Å². The van der Waals surface area contributed by atoms with Gasteiger partial charge in [-0.25, -0.2) is 4.79 Å². The molecule has 4 aromatic rings. The Morgan fingerprint density at radius 1 is 1.10 bits per heavy atom. The summed E-state index contributed by atoms with van der Waals surface area (Å²) in [6.07, 6.45) is 5.52. The van der Waals surface area contributed by atoms with Gasteiger partial charge in [-0.15, -0.1) is 0 Å². The molecule has 0 fully saturated rings. The van der Waals surface area contributed by atoms with Gasteiger partial charge in [0.05, 0.1) is 17.2 Å². The number of halogens is 1. The van der Waals surface area contributed by atoms with Crippen LogP contribution >= 0.6 is 11.6 Å². The Morgan fingerprint density at radius 2 is 1.81 bits per heavy atom. The second-order valence-electron chi connectivity index (χ2n) is 7.24. The van der Waals surface area contributed by atoms with Crippen LogP contribution < -0.4 is 10.3 Å². The fourth-order valence-electron chi connectivity index (χ4n) is 3.76. The Bertz CT molecular complexity index is 1180. The zero-order valence-corrected chi connectivity index (χ0v) is 17.8. The Labute approximate surface area is 185 Å². The number of hydrogen-bond donors (Lipinski definition) is 2. The van der Waals surface area contributed by atoms with Crippen LogP contribution in [0.5, 0.6) is 0 Å². The van der Waals surface area contributed by atoms with Gasteiger partial charge in [0.1, 0.15) is 0 Å². The van der Waals surface area contributed by atoms with Crippen molar-refractivity contribution >= 4 is 34.3 Å². The SMILES string of the molecule is CCCN(c1ccncc1)n1ccc2cc(C(NC(=O)O)c3ccc(Cl)cc3)ccc21. The average molecular weight is 435 g/mol. The zero-order valence-electron chi connectivity index (χ0n) is 17.1. The zero-order chi connectivity index (χ0) is 21.8. The lowest BCUT2D eigenvalue weighted by molar-refractivity contribution is 0.191. The molecule has 1 amide bonds. The summed E-state index contributed by atoms with van der Waals surface area (Å²) in [6, 6.07) is 18.8. The molecular weight excluding hydrogens is 412 g/mol. The molecule has 31 heavy (non-hydrogen) atoms. The van der Waals surface area contributed by atoms with Gasteiger partial charge in [0, 0.05) is 35.5 Å². The third kappa shape index (κ3) is 4.49. The molecule has 0 aliphatic heterocycles. The number of amides is 1. The summed E-state index contributed by atoms with van der Waals surface area (Å²) in [5, 5.41) is 15.8. The number of fused-ring (bicyclic) bond motifs is 1. The van der Waals surface area contributed by atoms with Gasteiger partial charge in [-0.3, -0.25) is 14.7 Å². The molecule has 1 unspecified atom stereocenters. The van der Waals surface area contributed by atoms with Crippen molar-refractivity contribution in [2.24, 2.45) is 0 Å². The number of aromatic nitrogens is 2. The second-order valence-corrected chi connectivity index (χ2v) is 7.68. The van der Waals surface area contributed by atoms with Crippen molar-refractivity contribution in [1.82, 2.24) is 15.0 Å². The molecule has 1 atom stereocenters. The Kier molecular flexibility index (Phi) is 6.09. The molecule has 2 heterocycles. The van der Waals surface area contributed by atoms with E-state index in [1.54, 1.807) is 24.5 Å². The summed E-state index contributed by atoms with van der Waals surface area (Å²) in [5.41, 5.74) is 3.79. The molecule has 6 nitrogen and oxygen atoms in total. The minimum atomic E-state index is -1.08. The van der Waals surface area contributed by atoms with E-state index in [2.05, 4.69) is 26.9 Å². The van der Waals surface area contributed by atoms with Crippen molar-refractivity contribution < 1.29 is 9.90 Å². The predicted molar refractivity (Wildman–Crippen MR) is 124 cm³/mol. The van der Waals surface area contributed by atoms with E-state index < -0.39 is 12.1 Å². The van der Waals surface area contributed by atoms with Gasteiger partial charge in [-0.1, -0.05) is 36.7 Å². The highest BCUT2D eigenvalue weighted by Gasteiger charge is 2.18. The van der Waals surface area contributed by atoms with Gasteiger partial charge in [-0.2, -0.15) is 0 Å². The van der Waals surface area contributed by atoms with Crippen molar-refractivity contribution in [3.8, 4) is 0 Å². The van der Waals surface area contributed by atoms with Gasteiger partial charge in [0.2, 0.25) is 0 Å². The number of carboxylic acid groups (broad SMARTS) is 1. The molecule has 0 saturated heterocycles. The molecule has 0 aliphatic carbocycles. The lowest BCUT2D eigenvalue weighted by Gasteiger charge is -2.26. The standard InChI is InChI=1S/C24H23ClN4O2/c1-2-14-28(21-9-12-26-13-10-21)29-15-11-18-16-19(5-8-22(18)29)23(27-24(30)31)17-3-6-20(25)7-4-17/h3-13,15-16,23,27H,2,14H2,1H3,(H,30,31). The van der Waals surface area contributed by atoms with Crippen LogP contribution in [0.1, 0.15) is 30.5 Å². The number of rotatable bonds is 7. The molecule has 0 saturated carbocycles. The van der Waals surface area contributed by atoms with Crippen LogP contribution in [-0.2, 0) is 0 Å². The lowest BCUT2D eigenvalue weighted by Crippen LogP contribution is -2.29. The lowest BCUT2D eigenvalue weighted by atomic mass is 9.98. The maximum Gasteiger partial charge on any atom is 0.405 e. The number of carbonyl (C=O) groups is 1. The van der Waals surface area contributed by atoms with Crippen LogP contribution in [0.2, 0.25) is 5.02 Å². The van der Waals surface area contributed by atoms with E-state index in [9.17, 15) is 9.90 Å². The number of hydrogen-bond acceptors (Lipinski definition) is 3. The second kappa shape index (κ2) is 9.10. The first-order chi connectivity index (χ1) is 15.1. The van der Waals surface area contributed by atoms with Crippen LogP contribution in [0.3, 0.4) is 0 Å². The molecule has 2 aromatic heterocycles. The summed E-state index contributed by atoms with van der Waals surface area (Å²) in [7, 11) is 0. The molecule has 4 rings (SSSR count). The molecule has 0 bridgehead atoms. The minimum Gasteiger partial charge on any atom is -0.465 e. The van der Waals surface area contributed by atoms with Crippen molar-refractivity contribution in [3.63, 3.8) is 0 Å². The highest BCUT2D eigenvalue weighted by atomic mass is 35.5. The molecule has 0 aliphatic rings. The monoisotopic (exact) mass is 434 g/mol. The molecule has 158 valence electrons. The van der Waals surface area contributed by atoms with Crippen molar-refractivity contribution in [3.05, 3.63) is 95.4 Å². The summed E-state index contributed by atoms with van der Waals surface area (Å²) < 4.78 is 2.12. The third-order valence-electron chi connectivity index (χ3n) is 5.15. The molecule has 0 spiro atoms. The smallest absolute Gasteiger partial charge is 0.405 e. The Hall–Kier alpha value is -3.51. The minimum absolute atomic E-state index is 0.491. The number of nitrogens with zero attached hydrogens (tertiary/aromatic N) is 3. The van der Waals surface area contributed by atoms with E-state index in [0.29, 0.717) is 5.02 Å². The fraction of sp³-hybridized carbons (Fsp3) is 0.167. The van der Waals surface area contributed by atoms with Crippen molar-refractivity contribution in [2.45, 2.75) is 19.4 Å². The maximum atomic E-state index is 11.5. The molecule has 0 radical (unpaired) electrons. The molecule has 7 heteroatoms. The van der Waals surface area contributed by atoms with Crippen LogP contribution in [0.25, 0.3) is 10.9 Å². The quantitative estimate of drug-likeness (QED) is 0.390. The highest BCUT2D eigenvalue weighted by Crippen LogP contribution is 2.28. The van der Waals surface area contributed by atoms with Gasteiger partial charge < -0.3 is 10.4 Å². The molecule has 2 N–H and O–H groups in total. The molecular formula is C24H23ClN4O2. The summed E-state index contributed by atoms with van der Waals surface area (Å²) >= 11 is 6.01. The predicted octanol–water partition coefficient (Wildman–Crippen LogP) is 5.73. The highest BCUT2D eigenvalue weighted by molar-refractivity contribution is 6.30. The van der Waals surface area contributed by atoms with E-state index in [0.717, 1.165) is 40.7 Å². The Morgan fingerprint density at radius 3 is 2.48 bits per heavy atom. The number of nitrogens with one attached hydrogen (secondary N) is 1. The number of anilines is 1. The van der Waals surface area contributed by atoms with Gasteiger partial charge in [-0.05, 0) is 60.0 Å². The van der Waals surface area contributed by atoms with Crippen molar-refractivity contribution in [1.29, 1.82) is 0 Å². The van der Waals surface area contributed by atoms with E-state index in [4.69, 9.17) is 11.6 Å². The van der Waals surface area contributed by atoms with Gasteiger partial charge in [0.25, 0.3) is 0 Å². The van der Waals surface area contributed by atoms with Crippen LogP contribution in [0, 0.1) is 0 Å². The van der Waals surface area contributed by atoms with E-state index in [1.165, 1.54) is 0 Å². The fourth-order valence-corrected chi connectivity index (χ4v) is 3.89. The summed E-state index contributed by atoms with van der Waals surface area (Å²) in [4.78, 5) is 15.6. The maximum absolute atomic E-state index is 11.5. The first-order valence-corrected chi connectivity index (χ1v) is 10.5. The number of benzene rings is 2. The van der Waals surface area contributed by atoms with Crippen LogP contribution in [0.15, 0.2) is 79.3 Å². The first-order valence-electron chi connectivity index (χ1n) is 10.1. The summed E-state index contributed by atoms with van der Waals surface area (Å²) in [6.45, 7) is 3.00. The average Bonchev–Trinajstić information content (AvgIpc) is 3.20. The normalized spacial score (nSPS) is 11.9.